The van der Waals surface area contributed by atoms with Gasteiger partial charge in [-0.1, -0.05) is 54.6 Å². The predicted molar refractivity (Wildman–Crippen MR) is 133 cm³/mol. The number of aliphatic imine (C=N–C) groups is 1. The first kappa shape index (κ1) is 20.2. The van der Waals surface area contributed by atoms with E-state index in [1.54, 1.807) is 30.3 Å². The fourth-order valence-corrected chi connectivity index (χ4v) is 4.53. The summed E-state index contributed by atoms with van der Waals surface area (Å²) in [7, 11) is 0. The molecule has 0 saturated heterocycles. The fraction of sp³-hybridized carbons (Fsp3) is 0.107. The van der Waals surface area contributed by atoms with Crippen LogP contribution in [0.25, 0.3) is 0 Å². The van der Waals surface area contributed by atoms with Gasteiger partial charge in [-0.05, 0) is 24.3 Å². The lowest BCUT2D eigenvalue weighted by molar-refractivity contribution is 0.0979. The van der Waals surface area contributed by atoms with Gasteiger partial charge in [0.15, 0.2) is 17.7 Å². The Balaban J connectivity index is 1.41. The molecule has 6 nitrogen and oxygen atoms in total. The lowest BCUT2D eigenvalue weighted by Gasteiger charge is -2.29. The molecule has 1 aliphatic heterocycles. The summed E-state index contributed by atoms with van der Waals surface area (Å²) in [6.45, 7) is 1.18. The van der Waals surface area contributed by atoms with Gasteiger partial charge in [0, 0.05) is 36.0 Å². The van der Waals surface area contributed by atoms with Gasteiger partial charge in [-0.2, -0.15) is 0 Å². The molecule has 0 spiro atoms. The number of hydrogen-bond acceptors (Lipinski definition) is 6. The van der Waals surface area contributed by atoms with Crippen LogP contribution in [0, 0.1) is 0 Å². The summed E-state index contributed by atoms with van der Waals surface area (Å²) in [4.78, 5) is 31.9. The van der Waals surface area contributed by atoms with Gasteiger partial charge in [-0.25, -0.2) is 4.99 Å². The minimum absolute atomic E-state index is 0.187. The number of rotatable bonds is 5. The van der Waals surface area contributed by atoms with Crippen molar-refractivity contribution in [1.82, 2.24) is 0 Å². The summed E-state index contributed by atoms with van der Waals surface area (Å²) < 4.78 is 6.20. The molecule has 0 saturated carbocycles. The van der Waals surface area contributed by atoms with E-state index in [1.807, 2.05) is 54.6 Å². The molecule has 0 amide bonds. The smallest absolute Gasteiger partial charge is 0.196 e. The molecule has 6 rings (SSSR count). The molecule has 0 bridgehead atoms. The van der Waals surface area contributed by atoms with Crippen molar-refractivity contribution in [2.24, 2.45) is 4.99 Å². The maximum absolute atomic E-state index is 13.6. The van der Waals surface area contributed by atoms with Crippen LogP contribution in [0.1, 0.15) is 31.8 Å². The van der Waals surface area contributed by atoms with Crippen molar-refractivity contribution in [3.05, 3.63) is 107 Å². The summed E-state index contributed by atoms with van der Waals surface area (Å²) in [5.41, 5.74) is 4.17. The molecule has 3 aliphatic rings. The van der Waals surface area contributed by atoms with E-state index in [-0.39, 0.29) is 17.7 Å². The highest BCUT2D eigenvalue weighted by molar-refractivity contribution is 6.32. The predicted octanol–water partition coefficient (Wildman–Crippen LogP) is 4.95. The van der Waals surface area contributed by atoms with Gasteiger partial charge >= 0.3 is 0 Å². The zero-order valence-electron chi connectivity index (χ0n) is 18.2. The normalized spacial score (nSPS) is 17.1. The largest absolute Gasteiger partial charge is 0.478 e. The number of para-hydroxylation sites is 1. The number of benzene rings is 3. The standard InChI is InChI=1S/C28H21N3O3/c32-27-18-10-4-5-11-19(18)28(33)25-24(27)21(30-15-14-29-17-8-2-1-3-9-17)16-23-26(25)31-20-12-6-7-13-22(20)34-23/h1-13,16,22,29-30H,14-15H2. The quantitative estimate of drug-likeness (QED) is 0.424. The molecular weight excluding hydrogens is 426 g/mol. The third-order valence-corrected chi connectivity index (χ3v) is 6.13. The first-order valence-corrected chi connectivity index (χ1v) is 11.2. The first-order chi connectivity index (χ1) is 16.7. The zero-order valence-corrected chi connectivity index (χ0v) is 18.2. The van der Waals surface area contributed by atoms with Crippen molar-refractivity contribution in [2.45, 2.75) is 6.10 Å². The van der Waals surface area contributed by atoms with E-state index in [0.29, 0.717) is 58.2 Å². The van der Waals surface area contributed by atoms with E-state index >= 15 is 0 Å². The Morgan fingerprint density at radius 3 is 2.32 bits per heavy atom. The third kappa shape index (κ3) is 3.31. The Kier molecular flexibility index (Phi) is 4.84. The van der Waals surface area contributed by atoms with Crippen LogP contribution >= 0.6 is 0 Å². The number of nitrogens with one attached hydrogen (secondary N) is 2. The average molecular weight is 447 g/mol. The van der Waals surface area contributed by atoms with Crippen LogP contribution in [-0.2, 0) is 0 Å². The van der Waals surface area contributed by atoms with Crippen LogP contribution in [0.4, 0.5) is 17.1 Å². The minimum Gasteiger partial charge on any atom is -0.478 e. The number of hydrogen-bond donors (Lipinski definition) is 2. The second kappa shape index (κ2) is 8.15. The van der Waals surface area contributed by atoms with Crippen LogP contribution in [0.3, 0.4) is 0 Å². The lowest BCUT2D eigenvalue weighted by Crippen LogP contribution is -2.30. The number of ether oxygens (including phenoxy) is 1. The molecule has 6 heteroatoms. The van der Waals surface area contributed by atoms with Crippen molar-refractivity contribution in [2.75, 3.05) is 23.7 Å². The van der Waals surface area contributed by atoms with Crippen molar-refractivity contribution in [1.29, 1.82) is 0 Å². The van der Waals surface area contributed by atoms with E-state index in [2.05, 4.69) is 10.6 Å². The number of carbonyl (C=O) groups excluding carboxylic acids is 2. The Bertz CT molecular complexity index is 1420. The highest BCUT2D eigenvalue weighted by Crippen LogP contribution is 2.46. The molecule has 166 valence electrons. The molecule has 1 atom stereocenters. The molecule has 34 heavy (non-hydrogen) atoms. The van der Waals surface area contributed by atoms with Gasteiger partial charge < -0.3 is 15.4 Å². The van der Waals surface area contributed by atoms with Gasteiger partial charge in [0.1, 0.15) is 11.4 Å². The molecular formula is C28H21N3O3. The number of allylic oxidation sites excluding steroid dienone is 2. The maximum Gasteiger partial charge on any atom is 0.196 e. The van der Waals surface area contributed by atoms with Gasteiger partial charge in [-0.15, -0.1) is 0 Å². The lowest BCUT2D eigenvalue weighted by atomic mass is 9.81. The fourth-order valence-electron chi connectivity index (χ4n) is 4.53. The monoisotopic (exact) mass is 447 g/mol. The summed E-state index contributed by atoms with van der Waals surface area (Å²) in [6, 6.07) is 18.6. The van der Waals surface area contributed by atoms with E-state index in [4.69, 9.17) is 9.73 Å². The van der Waals surface area contributed by atoms with Crippen LogP contribution < -0.4 is 15.4 Å². The second-order valence-corrected chi connectivity index (χ2v) is 8.26. The summed E-state index contributed by atoms with van der Waals surface area (Å²) in [5, 5.41) is 6.70. The summed E-state index contributed by atoms with van der Waals surface area (Å²) in [6.07, 6.45) is 7.26. The number of fused-ring (bicyclic) bond motifs is 5. The third-order valence-electron chi connectivity index (χ3n) is 6.13. The average Bonchev–Trinajstić information content (AvgIpc) is 2.88. The van der Waals surface area contributed by atoms with Crippen LogP contribution in [0.15, 0.2) is 90.0 Å². The molecule has 0 fully saturated rings. The number of ketones is 2. The molecule has 2 aliphatic carbocycles. The molecule has 0 aromatic heterocycles. The maximum atomic E-state index is 13.6. The van der Waals surface area contributed by atoms with Crippen molar-refractivity contribution < 1.29 is 14.3 Å². The van der Waals surface area contributed by atoms with Gasteiger partial charge in [-0.3, -0.25) is 9.59 Å². The molecule has 1 heterocycles. The highest BCUT2D eigenvalue weighted by atomic mass is 16.5. The van der Waals surface area contributed by atoms with Crippen LogP contribution in [0.5, 0.6) is 5.75 Å². The van der Waals surface area contributed by atoms with Gasteiger partial charge in [0.2, 0.25) is 0 Å². The Labute approximate surface area is 196 Å². The molecule has 1 unspecified atom stereocenters. The number of anilines is 2. The zero-order chi connectivity index (χ0) is 23.1. The molecule has 3 aromatic carbocycles. The van der Waals surface area contributed by atoms with Crippen molar-refractivity contribution >= 4 is 34.3 Å². The van der Waals surface area contributed by atoms with Crippen LogP contribution in [-0.4, -0.2) is 36.5 Å². The molecule has 2 N–H and O–H groups in total. The Morgan fingerprint density at radius 1 is 0.824 bits per heavy atom. The minimum atomic E-state index is -0.315. The highest BCUT2D eigenvalue weighted by Gasteiger charge is 2.37. The van der Waals surface area contributed by atoms with E-state index in [1.165, 1.54) is 0 Å². The van der Waals surface area contributed by atoms with E-state index < -0.39 is 0 Å². The SMILES string of the molecule is O=C1c2ccccc2C(=O)c2c3c(cc(NCCNc4ccccc4)c21)OC1C=CC=CC1=N3. The number of nitrogens with zero attached hydrogens (tertiary/aromatic N) is 1. The Hall–Kier alpha value is -4.45. The summed E-state index contributed by atoms with van der Waals surface area (Å²) in [5.74, 6) is 0.0914. The van der Waals surface area contributed by atoms with E-state index in [0.717, 1.165) is 5.69 Å². The first-order valence-electron chi connectivity index (χ1n) is 11.2. The topological polar surface area (TPSA) is 79.8 Å². The second-order valence-electron chi connectivity index (χ2n) is 8.26. The van der Waals surface area contributed by atoms with Crippen molar-refractivity contribution in [3.63, 3.8) is 0 Å². The van der Waals surface area contributed by atoms with Gasteiger partial charge in [0.25, 0.3) is 0 Å². The Morgan fingerprint density at radius 2 is 1.53 bits per heavy atom. The van der Waals surface area contributed by atoms with Gasteiger partial charge in [0.05, 0.1) is 22.5 Å². The van der Waals surface area contributed by atoms with Crippen molar-refractivity contribution in [3.8, 4) is 5.75 Å². The molecule has 0 radical (unpaired) electrons. The summed E-state index contributed by atoms with van der Waals surface area (Å²) >= 11 is 0. The number of carbonyl (C=O) groups is 2. The van der Waals surface area contributed by atoms with Crippen LogP contribution in [0.2, 0.25) is 0 Å². The molecule has 3 aromatic rings. The van der Waals surface area contributed by atoms with E-state index in [9.17, 15) is 9.59 Å².